The van der Waals surface area contributed by atoms with Gasteiger partial charge >= 0.3 is 5.43 Å². The largest absolute Gasteiger partial charge is 0.483 e. The molecule has 41 heavy (non-hydrogen) atoms. The predicted molar refractivity (Wildman–Crippen MR) is 153 cm³/mol. The van der Waals surface area contributed by atoms with Crippen molar-refractivity contribution in [3.05, 3.63) is 102 Å². The Bertz CT molecular complexity index is 1760. The maximum Gasteiger partial charge on any atom is 0.404 e. The lowest BCUT2D eigenvalue weighted by Crippen LogP contribution is -2.63. The van der Waals surface area contributed by atoms with E-state index in [0.717, 1.165) is 38.7 Å². The quantitative estimate of drug-likeness (QED) is 0.220. The fourth-order valence-electron chi connectivity index (χ4n) is 5.70. The van der Waals surface area contributed by atoms with Crippen molar-refractivity contribution in [1.29, 1.82) is 5.26 Å². The molecule has 1 fully saturated rings. The Morgan fingerprint density at radius 1 is 1.15 bits per heavy atom. The first-order valence-electron chi connectivity index (χ1n) is 12.8. The summed E-state index contributed by atoms with van der Waals surface area (Å²) in [6.07, 6.45) is 3.39. The number of aromatic nitrogens is 2. The van der Waals surface area contributed by atoms with Crippen LogP contribution in [0.4, 0.5) is 10.5 Å². The summed E-state index contributed by atoms with van der Waals surface area (Å²) in [5.41, 5.74) is 3.43. The van der Waals surface area contributed by atoms with Crippen molar-refractivity contribution in [3.63, 3.8) is 0 Å². The van der Waals surface area contributed by atoms with Gasteiger partial charge < -0.3 is 19.3 Å². The second-order valence-corrected chi connectivity index (χ2v) is 10.3. The van der Waals surface area contributed by atoms with E-state index in [9.17, 15) is 14.9 Å². The topological polar surface area (TPSA) is 109 Å². The molecule has 0 unspecified atom stereocenters. The summed E-state index contributed by atoms with van der Waals surface area (Å²) in [6.45, 7) is 5.12. The van der Waals surface area contributed by atoms with Crippen LogP contribution in [0.2, 0.25) is 0 Å². The number of benzene rings is 2. The van der Waals surface area contributed by atoms with E-state index in [-0.39, 0.29) is 24.8 Å². The third-order valence-electron chi connectivity index (χ3n) is 7.74. The van der Waals surface area contributed by atoms with Crippen LogP contribution < -0.4 is 4.90 Å². The van der Waals surface area contributed by atoms with Crippen molar-refractivity contribution in [3.8, 4) is 17.2 Å². The number of para-hydroxylation sites is 1. The number of likely N-dealkylation sites (tertiary alicyclic amines) is 1. The van der Waals surface area contributed by atoms with E-state index in [1.807, 2.05) is 59.5 Å². The predicted octanol–water partition coefficient (Wildman–Crippen LogP) is 5.26. The molecule has 204 valence electrons. The zero-order valence-electron chi connectivity index (χ0n) is 22.1. The van der Waals surface area contributed by atoms with Crippen molar-refractivity contribution in [2.75, 3.05) is 25.1 Å². The fraction of sp³-hybridized carbons (Fsp3) is 0.194. The highest BCUT2D eigenvalue weighted by Gasteiger charge is 2.58. The van der Waals surface area contributed by atoms with Gasteiger partial charge in [-0.2, -0.15) is 5.26 Å². The van der Waals surface area contributed by atoms with Crippen LogP contribution >= 0.6 is 11.6 Å². The maximum atomic E-state index is 14.1. The van der Waals surface area contributed by atoms with E-state index in [4.69, 9.17) is 26.1 Å². The zero-order valence-corrected chi connectivity index (χ0v) is 22.9. The van der Waals surface area contributed by atoms with Crippen LogP contribution in [0.3, 0.4) is 0 Å². The van der Waals surface area contributed by atoms with E-state index < -0.39 is 10.8 Å². The monoisotopic (exact) mass is 565 g/mol. The Balaban J connectivity index is 1.45. The van der Waals surface area contributed by atoms with Gasteiger partial charge in [-0.15, -0.1) is 0 Å². The van der Waals surface area contributed by atoms with Gasteiger partial charge in [0.2, 0.25) is 5.91 Å². The van der Waals surface area contributed by atoms with Gasteiger partial charge in [-0.1, -0.05) is 30.3 Å². The number of methoxy groups -OCH3 is 1. The number of carbonyl (C=O) groups excluding carboxylic acids is 2. The van der Waals surface area contributed by atoms with Gasteiger partial charge in [0.25, 0.3) is 0 Å². The molecule has 9 nitrogen and oxygen atoms in total. The number of halogens is 1. The number of hydrogen-bond donors (Lipinski definition) is 0. The van der Waals surface area contributed by atoms with E-state index >= 15 is 0 Å². The molecular formula is C31H24ClN5O4. The molecule has 1 saturated heterocycles. The van der Waals surface area contributed by atoms with E-state index in [1.54, 1.807) is 30.5 Å². The summed E-state index contributed by atoms with van der Waals surface area (Å²) in [6, 6.07) is 19.0. The van der Waals surface area contributed by atoms with Gasteiger partial charge in [-0.3, -0.25) is 9.78 Å². The second kappa shape index (κ2) is 10.2. The minimum atomic E-state index is -0.888. The van der Waals surface area contributed by atoms with E-state index in [1.165, 1.54) is 0 Å². The van der Waals surface area contributed by atoms with E-state index in [2.05, 4.69) is 11.6 Å². The van der Waals surface area contributed by atoms with Crippen LogP contribution in [0.1, 0.15) is 22.5 Å². The number of hydrogen-bond acceptors (Lipinski definition) is 8. The number of carbonyl (C=O) groups is 2. The Labute approximate surface area is 241 Å². The highest BCUT2D eigenvalue weighted by Crippen LogP contribution is 2.49. The molecule has 0 atom stereocenters. The van der Waals surface area contributed by atoms with Crippen LogP contribution in [0, 0.1) is 11.3 Å². The minimum absolute atomic E-state index is 0.00472. The lowest BCUT2D eigenvalue weighted by molar-refractivity contribution is -0.129. The number of nitriles is 1. The molecule has 0 bridgehead atoms. The molecule has 0 N–H and O–H groups in total. The Hall–Kier alpha value is -4.94. The van der Waals surface area contributed by atoms with Crippen LogP contribution in [0.25, 0.3) is 21.9 Å². The van der Waals surface area contributed by atoms with Crippen LogP contribution in [0.5, 0.6) is 0 Å². The summed E-state index contributed by atoms with van der Waals surface area (Å²) in [5.74, 6) is 0.522. The van der Waals surface area contributed by atoms with Crippen LogP contribution in [-0.2, 0) is 32.8 Å². The number of fused-ring (bicyclic) bond motifs is 3. The number of nitrogens with zero attached hydrogens (tertiary/aromatic N) is 5. The molecule has 2 aromatic heterocycles. The molecule has 0 aliphatic carbocycles. The first-order chi connectivity index (χ1) is 19.8. The molecule has 4 aromatic rings. The molecule has 2 aliphatic rings. The smallest absolute Gasteiger partial charge is 0.404 e. The molecule has 2 aromatic carbocycles. The van der Waals surface area contributed by atoms with Gasteiger partial charge in [0.15, 0.2) is 5.88 Å². The average molecular weight is 566 g/mol. The molecule has 0 saturated carbocycles. The zero-order chi connectivity index (χ0) is 28.7. The third-order valence-corrected chi connectivity index (χ3v) is 7.85. The summed E-state index contributed by atoms with van der Waals surface area (Å²) >= 11 is 5.39. The molecule has 1 spiro atoms. The molecule has 2 aliphatic heterocycles. The lowest BCUT2D eigenvalue weighted by atomic mass is 9.74. The molecular weight excluding hydrogens is 542 g/mol. The fourth-order valence-corrected chi connectivity index (χ4v) is 5.75. The minimum Gasteiger partial charge on any atom is -0.483 e. The van der Waals surface area contributed by atoms with Crippen molar-refractivity contribution >= 4 is 39.4 Å². The van der Waals surface area contributed by atoms with Crippen LogP contribution in [-0.4, -0.2) is 46.4 Å². The number of pyridine rings is 2. The summed E-state index contributed by atoms with van der Waals surface area (Å²) in [7, 11) is 1.57. The molecule has 0 radical (unpaired) electrons. The summed E-state index contributed by atoms with van der Waals surface area (Å²) < 4.78 is 10.3. The van der Waals surface area contributed by atoms with E-state index in [0.29, 0.717) is 24.7 Å². The molecule has 1 amide bonds. The van der Waals surface area contributed by atoms with Crippen molar-refractivity contribution in [2.24, 2.45) is 0 Å². The third kappa shape index (κ3) is 4.42. The van der Waals surface area contributed by atoms with Crippen molar-refractivity contribution in [2.45, 2.75) is 18.6 Å². The number of amides is 1. The average Bonchev–Trinajstić information content (AvgIpc) is 3.22. The highest BCUT2D eigenvalue weighted by molar-refractivity contribution is 6.61. The van der Waals surface area contributed by atoms with Crippen molar-refractivity contribution < 1.29 is 19.1 Å². The second-order valence-electron chi connectivity index (χ2n) is 10.0. The standard InChI is InChI=1S/C31H24ClN5O4/c1-19(40-2)36-17-31(18-36)25-5-3-4-6-27(25)37(29(31)38)15-26-28(22-9-10-23(12-33)34-14-22)24-11-20(16-41-30(32)39)7-8-21(24)13-35-26/h3-11,13-14H,1,15-18H2,2H3. The summed E-state index contributed by atoms with van der Waals surface area (Å²) in [4.78, 5) is 38.2. The first kappa shape index (κ1) is 26.3. The van der Waals surface area contributed by atoms with Gasteiger partial charge in [0, 0.05) is 59.3 Å². The SMILES string of the molecule is C=C(OC)N1CC2(C1)C(=O)N(Cc1ncc3ccc(COC(=O)Cl)cc3c1-c1ccc(C#N)nc1)c1ccccc12. The number of anilines is 1. The highest BCUT2D eigenvalue weighted by atomic mass is 35.5. The molecule has 10 heteroatoms. The Kier molecular flexibility index (Phi) is 6.56. The number of rotatable bonds is 7. The molecule has 6 rings (SSSR count). The van der Waals surface area contributed by atoms with Crippen molar-refractivity contribution in [1.82, 2.24) is 14.9 Å². The Morgan fingerprint density at radius 2 is 1.95 bits per heavy atom. The first-order valence-corrected chi connectivity index (χ1v) is 13.2. The van der Waals surface area contributed by atoms with Gasteiger partial charge in [-0.25, -0.2) is 9.78 Å². The van der Waals surface area contributed by atoms with Crippen LogP contribution in [0.15, 0.2) is 79.5 Å². The Morgan fingerprint density at radius 3 is 2.66 bits per heavy atom. The normalized spacial score (nSPS) is 14.9. The maximum absolute atomic E-state index is 14.1. The van der Waals surface area contributed by atoms with Gasteiger partial charge in [-0.05, 0) is 47.4 Å². The van der Waals surface area contributed by atoms with Gasteiger partial charge in [0.1, 0.15) is 23.8 Å². The van der Waals surface area contributed by atoms with Gasteiger partial charge in [0.05, 0.1) is 19.3 Å². The summed E-state index contributed by atoms with van der Waals surface area (Å²) in [5, 5.41) is 11.0. The number of ether oxygens (including phenoxy) is 2. The molecule has 4 heterocycles. The lowest BCUT2D eigenvalue weighted by Gasteiger charge is -2.47.